The van der Waals surface area contributed by atoms with Crippen molar-refractivity contribution >= 4 is 33.1 Å². The summed E-state index contributed by atoms with van der Waals surface area (Å²) in [5.41, 5.74) is 2.55. The number of benzene rings is 1. The molecule has 0 aliphatic carbocycles. The van der Waals surface area contributed by atoms with Crippen LogP contribution in [0, 0.1) is 12.7 Å². The van der Waals surface area contributed by atoms with E-state index in [1.54, 1.807) is 30.5 Å². The third kappa shape index (κ3) is 5.81. The topological polar surface area (TPSA) is 87.2 Å². The molecule has 2 heterocycles. The second kappa shape index (κ2) is 9.51. The highest BCUT2D eigenvalue weighted by atomic mass is 32.2. The molecule has 0 saturated heterocycles. The number of nitrogens with one attached hydrogen (secondary N) is 2. The first-order chi connectivity index (χ1) is 15.0. The van der Waals surface area contributed by atoms with Crippen molar-refractivity contribution in [2.24, 2.45) is 0 Å². The standard InChI is InChI=1S/C22H28FN5O2S2/c1-15-19(9-10-21(25-15)32(29,30)27-20-11-12-31-26-20)24-13-17-16(7-6-8-18(17)23)14-28(5)22(2,3)4/h6-12,24H,13-14H2,1-5H3,(H,26,27). The summed E-state index contributed by atoms with van der Waals surface area (Å²) in [6.07, 6.45) is 0. The minimum atomic E-state index is -3.84. The highest BCUT2D eigenvalue weighted by Crippen LogP contribution is 2.23. The zero-order chi connectivity index (χ0) is 23.5. The molecule has 0 fully saturated rings. The van der Waals surface area contributed by atoms with Crippen molar-refractivity contribution in [1.82, 2.24) is 14.3 Å². The second-order valence-electron chi connectivity index (χ2n) is 8.53. The molecule has 2 N–H and O–H groups in total. The van der Waals surface area contributed by atoms with Gasteiger partial charge in [0.1, 0.15) is 5.82 Å². The monoisotopic (exact) mass is 477 g/mol. The number of hydrogen-bond donors (Lipinski definition) is 2. The minimum Gasteiger partial charge on any atom is -0.379 e. The molecule has 0 bridgehead atoms. The number of sulfonamides is 1. The van der Waals surface area contributed by atoms with Gasteiger partial charge in [-0.05, 0) is 76.1 Å². The van der Waals surface area contributed by atoms with E-state index < -0.39 is 10.0 Å². The molecule has 0 unspecified atom stereocenters. The zero-order valence-electron chi connectivity index (χ0n) is 18.8. The molecule has 1 aromatic carbocycles. The van der Waals surface area contributed by atoms with Gasteiger partial charge >= 0.3 is 0 Å². The van der Waals surface area contributed by atoms with E-state index in [1.165, 1.54) is 12.1 Å². The lowest BCUT2D eigenvalue weighted by atomic mass is 10.0. The lowest BCUT2D eigenvalue weighted by Crippen LogP contribution is -2.37. The van der Waals surface area contributed by atoms with E-state index in [-0.39, 0.29) is 28.7 Å². The summed E-state index contributed by atoms with van der Waals surface area (Å²) in [5, 5.41) is 4.78. The number of halogens is 1. The van der Waals surface area contributed by atoms with Gasteiger partial charge in [0.15, 0.2) is 10.8 Å². The molecule has 0 aliphatic heterocycles. The van der Waals surface area contributed by atoms with E-state index in [4.69, 9.17) is 0 Å². The van der Waals surface area contributed by atoms with Crippen molar-refractivity contribution in [3.63, 3.8) is 0 Å². The largest absolute Gasteiger partial charge is 0.379 e. The molecule has 0 spiro atoms. The van der Waals surface area contributed by atoms with E-state index in [2.05, 4.69) is 45.1 Å². The molecule has 0 radical (unpaired) electrons. The highest BCUT2D eigenvalue weighted by Gasteiger charge is 2.20. The molecule has 3 aromatic rings. The third-order valence-corrected chi connectivity index (χ3v) is 7.05. The van der Waals surface area contributed by atoms with Crippen molar-refractivity contribution in [1.29, 1.82) is 0 Å². The van der Waals surface area contributed by atoms with Crippen LogP contribution in [0.25, 0.3) is 0 Å². The lowest BCUT2D eigenvalue weighted by molar-refractivity contribution is 0.167. The summed E-state index contributed by atoms with van der Waals surface area (Å²) in [4.78, 5) is 6.38. The van der Waals surface area contributed by atoms with Crippen molar-refractivity contribution in [2.45, 2.75) is 51.3 Å². The first-order valence-corrected chi connectivity index (χ1v) is 12.4. The molecule has 0 atom stereocenters. The van der Waals surface area contributed by atoms with E-state index in [0.717, 1.165) is 17.1 Å². The van der Waals surface area contributed by atoms with E-state index >= 15 is 0 Å². The number of aromatic nitrogens is 2. The van der Waals surface area contributed by atoms with Gasteiger partial charge in [-0.2, -0.15) is 12.8 Å². The maximum absolute atomic E-state index is 14.6. The normalized spacial score (nSPS) is 12.2. The lowest BCUT2D eigenvalue weighted by Gasteiger charge is -2.32. The maximum Gasteiger partial charge on any atom is 0.280 e. The van der Waals surface area contributed by atoms with Gasteiger partial charge in [0.25, 0.3) is 10.0 Å². The van der Waals surface area contributed by atoms with Crippen molar-refractivity contribution in [2.75, 3.05) is 17.1 Å². The molecular formula is C22H28FN5O2S2. The molecule has 0 amide bonds. The molecule has 0 aliphatic rings. The van der Waals surface area contributed by atoms with Crippen LogP contribution in [0.2, 0.25) is 0 Å². The first-order valence-electron chi connectivity index (χ1n) is 10.1. The zero-order valence-corrected chi connectivity index (χ0v) is 20.4. The van der Waals surface area contributed by atoms with Crippen molar-refractivity contribution < 1.29 is 12.8 Å². The van der Waals surface area contributed by atoms with Crippen LogP contribution in [0.1, 0.15) is 37.6 Å². The van der Waals surface area contributed by atoms with Crippen LogP contribution in [0.3, 0.4) is 0 Å². The molecule has 3 rings (SSSR count). The average molecular weight is 478 g/mol. The van der Waals surface area contributed by atoms with Gasteiger partial charge < -0.3 is 5.32 Å². The van der Waals surface area contributed by atoms with Gasteiger partial charge in [-0.15, -0.1) is 0 Å². The van der Waals surface area contributed by atoms with Crippen molar-refractivity contribution in [3.8, 4) is 0 Å². The number of pyridine rings is 1. The van der Waals surface area contributed by atoms with Gasteiger partial charge in [-0.25, -0.2) is 9.37 Å². The molecule has 172 valence electrons. The maximum atomic E-state index is 14.6. The molecule has 10 heteroatoms. The predicted octanol–water partition coefficient (Wildman–Crippen LogP) is 4.63. The van der Waals surface area contributed by atoms with Crippen LogP contribution >= 0.6 is 11.5 Å². The average Bonchev–Trinajstić information content (AvgIpc) is 3.20. The Morgan fingerprint density at radius 1 is 1.16 bits per heavy atom. The van der Waals surface area contributed by atoms with Crippen molar-refractivity contribution in [3.05, 3.63) is 64.4 Å². The number of rotatable bonds is 8. The van der Waals surface area contributed by atoms with E-state index in [9.17, 15) is 12.8 Å². The fourth-order valence-electron chi connectivity index (χ4n) is 2.96. The fourth-order valence-corrected chi connectivity index (χ4v) is 4.48. The third-order valence-electron chi connectivity index (χ3n) is 5.24. The summed E-state index contributed by atoms with van der Waals surface area (Å²) in [6, 6.07) is 9.72. The fraction of sp³-hybridized carbons (Fsp3) is 0.364. The van der Waals surface area contributed by atoms with Gasteiger partial charge in [-0.3, -0.25) is 9.62 Å². The summed E-state index contributed by atoms with van der Waals surface area (Å²) in [7, 11) is -1.83. The number of hydrogen-bond acceptors (Lipinski definition) is 7. The number of nitrogens with zero attached hydrogens (tertiary/aromatic N) is 3. The predicted molar refractivity (Wildman–Crippen MR) is 127 cm³/mol. The molecule has 2 aromatic heterocycles. The molecule has 0 saturated carbocycles. The van der Waals surface area contributed by atoms with E-state index in [1.807, 2.05) is 13.1 Å². The highest BCUT2D eigenvalue weighted by molar-refractivity contribution is 7.92. The summed E-state index contributed by atoms with van der Waals surface area (Å²) in [5.74, 6) is -0.0291. The van der Waals surface area contributed by atoms with Crippen LogP contribution < -0.4 is 10.0 Å². The van der Waals surface area contributed by atoms with E-state index in [0.29, 0.717) is 23.5 Å². The summed E-state index contributed by atoms with van der Waals surface area (Å²) < 4.78 is 46.1. The molecular weight excluding hydrogens is 449 g/mol. The second-order valence-corrected chi connectivity index (χ2v) is 10.8. The number of aryl methyl sites for hydroxylation is 1. The quantitative estimate of drug-likeness (QED) is 0.492. The van der Waals surface area contributed by atoms with Crippen LogP contribution in [0.4, 0.5) is 15.9 Å². The molecule has 7 nitrogen and oxygen atoms in total. The Kier molecular flexibility index (Phi) is 7.16. The molecule has 32 heavy (non-hydrogen) atoms. The van der Waals surface area contributed by atoms with Gasteiger partial charge in [0, 0.05) is 29.6 Å². The van der Waals surface area contributed by atoms with Crippen LogP contribution in [0.15, 0.2) is 46.8 Å². The van der Waals surface area contributed by atoms with Crippen LogP contribution in [-0.2, 0) is 23.1 Å². The van der Waals surface area contributed by atoms with Gasteiger partial charge in [0.2, 0.25) is 0 Å². The Bertz CT molecular complexity index is 1180. The Balaban J connectivity index is 1.77. The van der Waals surface area contributed by atoms with Gasteiger partial charge in [-0.1, -0.05) is 12.1 Å². The Labute approximate surface area is 192 Å². The summed E-state index contributed by atoms with van der Waals surface area (Å²) >= 11 is 1.15. The van der Waals surface area contributed by atoms with Crippen LogP contribution in [-0.4, -0.2) is 35.3 Å². The Morgan fingerprint density at radius 3 is 2.53 bits per heavy atom. The Morgan fingerprint density at radius 2 is 1.91 bits per heavy atom. The SMILES string of the molecule is Cc1nc(S(=O)(=O)Nc2ccsn2)ccc1NCc1c(F)cccc1CN(C)C(C)(C)C. The van der Waals surface area contributed by atoms with Gasteiger partial charge in [0.05, 0.1) is 11.4 Å². The smallest absolute Gasteiger partial charge is 0.280 e. The first kappa shape index (κ1) is 24.1. The minimum absolute atomic E-state index is 0.0502. The summed E-state index contributed by atoms with van der Waals surface area (Å²) in [6.45, 7) is 8.90. The number of anilines is 2. The Hall–Kier alpha value is -2.56. The van der Waals surface area contributed by atoms with Crippen LogP contribution in [0.5, 0.6) is 0 Å².